The number of amides is 1. The number of rotatable bonds is 5. The lowest BCUT2D eigenvalue weighted by atomic mass is 9.88. The summed E-state index contributed by atoms with van der Waals surface area (Å²) >= 11 is 0. The van der Waals surface area contributed by atoms with Gasteiger partial charge in [0, 0.05) is 11.6 Å². The molecule has 1 aliphatic carbocycles. The summed E-state index contributed by atoms with van der Waals surface area (Å²) < 4.78 is 40.5. The van der Waals surface area contributed by atoms with Gasteiger partial charge in [0.05, 0.1) is 6.61 Å². The first-order valence-corrected chi connectivity index (χ1v) is 7.48. The number of hydrogen-bond donors (Lipinski definition) is 1. The van der Waals surface area contributed by atoms with Gasteiger partial charge < -0.3 is 10.1 Å². The highest BCUT2D eigenvalue weighted by Crippen LogP contribution is 2.25. The van der Waals surface area contributed by atoms with Gasteiger partial charge in [-0.3, -0.25) is 4.79 Å². The molecular formula is C16H20F3NO2. The summed E-state index contributed by atoms with van der Waals surface area (Å²) in [5.74, 6) is 0.101. The Morgan fingerprint density at radius 3 is 2.36 bits per heavy atom. The van der Waals surface area contributed by atoms with Crippen LogP contribution in [0.15, 0.2) is 24.3 Å². The lowest BCUT2D eigenvalue weighted by Gasteiger charge is -2.20. The standard InChI is InChI=1S/C16H20F3NO2/c17-16(18,19)11-22-10-12-6-8-14(9-7-12)20-15(21)13-4-2-1-3-5-13/h6-9,13H,1-5,10-11H2,(H,20,21). The molecule has 0 spiro atoms. The number of halogens is 3. The number of carbonyl (C=O) groups is 1. The highest BCUT2D eigenvalue weighted by molar-refractivity contribution is 5.92. The summed E-state index contributed by atoms with van der Waals surface area (Å²) in [5, 5.41) is 2.86. The van der Waals surface area contributed by atoms with E-state index in [1.54, 1.807) is 24.3 Å². The molecule has 0 bridgehead atoms. The van der Waals surface area contributed by atoms with Crippen LogP contribution in [-0.4, -0.2) is 18.7 Å². The number of hydrogen-bond acceptors (Lipinski definition) is 2. The van der Waals surface area contributed by atoms with Crippen molar-refractivity contribution in [1.29, 1.82) is 0 Å². The second-order valence-corrected chi connectivity index (χ2v) is 5.63. The van der Waals surface area contributed by atoms with Gasteiger partial charge in [-0.2, -0.15) is 13.2 Å². The zero-order valence-electron chi connectivity index (χ0n) is 12.3. The van der Waals surface area contributed by atoms with Crippen LogP contribution in [0.5, 0.6) is 0 Å². The van der Waals surface area contributed by atoms with Gasteiger partial charge in [-0.05, 0) is 30.5 Å². The Balaban J connectivity index is 1.79. The smallest absolute Gasteiger partial charge is 0.367 e. The van der Waals surface area contributed by atoms with E-state index in [0.29, 0.717) is 11.3 Å². The molecule has 2 rings (SSSR count). The highest BCUT2D eigenvalue weighted by atomic mass is 19.4. The minimum absolute atomic E-state index is 0.0285. The number of nitrogens with one attached hydrogen (secondary N) is 1. The molecule has 0 saturated heterocycles. The van der Waals surface area contributed by atoms with E-state index in [1.165, 1.54) is 6.42 Å². The van der Waals surface area contributed by atoms with Gasteiger partial charge in [-0.15, -0.1) is 0 Å². The Labute approximate surface area is 127 Å². The predicted molar refractivity (Wildman–Crippen MR) is 77.4 cm³/mol. The first-order valence-electron chi connectivity index (χ1n) is 7.48. The summed E-state index contributed by atoms with van der Waals surface area (Å²) in [6.45, 7) is -1.36. The second kappa shape index (κ2) is 7.63. The zero-order valence-corrected chi connectivity index (χ0v) is 12.3. The van der Waals surface area contributed by atoms with E-state index in [4.69, 9.17) is 0 Å². The Hall–Kier alpha value is -1.56. The maximum atomic E-state index is 12.1. The SMILES string of the molecule is O=C(Nc1ccc(COCC(F)(F)F)cc1)C1CCCCC1. The summed E-state index contributed by atoms with van der Waals surface area (Å²) in [6, 6.07) is 6.69. The minimum Gasteiger partial charge on any atom is -0.367 e. The summed E-state index contributed by atoms with van der Waals surface area (Å²) in [6.07, 6.45) is 0.913. The quantitative estimate of drug-likeness (QED) is 0.880. The van der Waals surface area contributed by atoms with Gasteiger partial charge in [-0.1, -0.05) is 31.4 Å². The lowest BCUT2D eigenvalue weighted by Crippen LogP contribution is -2.24. The van der Waals surface area contributed by atoms with Crippen molar-refractivity contribution in [1.82, 2.24) is 0 Å². The van der Waals surface area contributed by atoms with E-state index in [9.17, 15) is 18.0 Å². The van der Waals surface area contributed by atoms with Crippen molar-refractivity contribution in [2.75, 3.05) is 11.9 Å². The maximum absolute atomic E-state index is 12.1. The van der Waals surface area contributed by atoms with Crippen LogP contribution < -0.4 is 5.32 Å². The monoisotopic (exact) mass is 315 g/mol. The molecule has 1 aromatic rings. The molecule has 0 aliphatic heterocycles. The van der Waals surface area contributed by atoms with Crippen LogP contribution in [-0.2, 0) is 16.1 Å². The van der Waals surface area contributed by atoms with E-state index in [-0.39, 0.29) is 18.4 Å². The van der Waals surface area contributed by atoms with E-state index in [1.807, 2.05) is 0 Å². The van der Waals surface area contributed by atoms with Crippen molar-refractivity contribution in [2.45, 2.75) is 44.9 Å². The molecule has 0 atom stereocenters. The molecule has 1 amide bonds. The molecule has 0 unspecified atom stereocenters. The summed E-state index contributed by atoms with van der Waals surface area (Å²) in [5.41, 5.74) is 1.30. The third-order valence-electron chi connectivity index (χ3n) is 3.73. The van der Waals surface area contributed by atoms with Crippen LogP contribution in [0.25, 0.3) is 0 Å². The number of benzene rings is 1. The molecule has 122 valence electrons. The summed E-state index contributed by atoms with van der Waals surface area (Å²) in [4.78, 5) is 12.1. The topological polar surface area (TPSA) is 38.3 Å². The maximum Gasteiger partial charge on any atom is 0.411 e. The average Bonchev–Trinajstić information content (AvgIpc) is 2.49. The van der Waals surface area contributed by atoms with Crippen LogP contribution in [0.4, 0.5) is 18.9 Å². The molecule has 22 heavy (non-hydrogen) atoms. The van der Waals surface area contributed by atoms with Crippen LogP contribution >= 0.6 is 0 Å². The molecule has 6 heteroatoms. The first kappa shape index (κ1) is 16.8. The molecule has 0 radical (unpaired) electrons. The van der Waals surface area contributed by atoms with Gasteiger partial charge in [0.2, 0.25) is 5.91 Å². The van der Waals surface area contributed by atoms with Crippen molar-refractivity contribution in [3.05, 3.63) is 29.8 Å². The highest BCUT2D eigenvalue weighted by Gasteiger charge is 2.27. The third-order valence-corrected chi connectivity index (χ3v) is 3.73. The molecule has 1 saturated carbocycles. The van der Waals surface area contributed by atoms with Crippen molar-refractivity contribution in [3.63, 3.8) is 0 Å². The van der Waals surface area contributed by atoms with E-state index in [0.717, 1.165) is 25.7 Å². The predicted octanol–water partition coefficient (Wildman–Crippen LogP) is 4.28. The van der Waals surface area contributed by atoms with Gasteiger partial charge in [0.1, 0.15) is 6.61 Å². The Kier molecular flexibility index (Phi) is 5.83. The number of ether oxygens (including phenoxy) is 1. The van der Waals surface area contributed by atoms with Crippen LogP contribution in [0.1, 0.15) is 37.7 Å². The van der Waals surface area contributed by atoms with Crippen molar-refractivity contribution < 1.29 is 22.7 Å². The van der Waals surface area contributed by atoms with Gasteiger partial charge in [0.25, 0.3) is 0 Å². The Bertz CT molecular complexity index is 479. The van der Waals surface area contributed by atoms with Crippen LogP contribution in [0, 0.1) is 5.92 Å². The summed E-state index contributed by atoms with van der Waals surface area (Å²) in [7, 11) is 0. The van der Waals surface area contributed by atoms with Crippen molar-refractivity contribution in [3.8, 4) is 0 Å². The fraction of sp³-hybridized carbons (Fsp3) is 0.562. The molecule has 1 aliphatic rings. The Morgan fingerprint density at radius 2 is 1.77 bits per heavy atom. The third kappa shape index (κ3) is 5.67. The van der Waals surface area contributed by atoms with E-state index < -0.39 is 12.8 Å². The molecule has 1 fully saturated rings. The van der Waals surface area contributed by atoms with Gasteiger partial charge in [0.15, 0.2) is 0 Å². The zero-order chi connectivity index (χ0) is 16.0. The number of anilines is 1. The molecule has 0 heterocycles. The fourth-order valence-electron chi connectivity index (χ4n) is 2.58. The molecule has 3 nitrogen and oxygen atoms in total. The second-order valence-electron chi connectivity index (χ2n) is 5.63. The van der Waals surface area contributed by atoms with Crippen molar-refractivity contribution >= 4 is 11.6 Å². The average molecular weight is 315 g/mol. The largest absolute Gasteiger partial charge is 0.411 e. The number of alkyl halides is 3. The van der Waals surface area contributed by atoms with Gasteiger partial charge in [-0.25, -0.2) is 0 Å². The van der Waals surface area contributed by atoms with Gasteiger partial charge >= 0.3 is 6.18 Å². The fourth-order valence-corrected chi connectivity index (χ4v) is 2.58. The van der Waals surface area contributed by atoms with E-state index in [2.05, 4.69) is 10.1 Å². The van der Waals surface area contributed by atoms with E-state index >= 15 is 0 Å². The van der Waals surface area contributed by atoms with Crippen LogP contribution in [0.3, 0.4) is 0 Å². The Morgan fingerprint density at radius 1 is 1.14 bits per heavy atom. The molecule has 1 N–H and O–H groups in total. The van der Waals surface area contributed by atoms with Crippen molar-refractivity contribution in [2.24, 2.45) is 5.92 Å². The molecular weight excluding hydrogens is 295 g/mol. The normalized spacial score (nSPS) is 16.5. The first-order chi connectivity index (χ1) is 10.4. The lowest BCUT2D eigenvalue weighted by molar-refractivity contribution is -0.176. The molecule has 0 aromatic heterocycles. The minimum atomic E-state index is -4.31. The molecule has 1 aromatic carbocycles. The number of carbonyl (C=O) groups excluding carboxylic acids is 1. The van der Waals surface area contributed by atoms with Crippen LogP contribution in [0.2, 0.25) is 0 Å².